The standard InChI is InChI=1S/C10H14ClNO2/c1-13-9-4-3-8(12-6-5-11)7-10(9)14-2/h3-4,7,12H,5-6H2,1-2H3. The van der Waals surface area contributed by atoms with Gasteiger partial charge in [0.1, 0.15) is 0 Å². The van der Waals surface area contributed by atoms with Crippen molar-refractivity contribution in [3.63, 3.8) is 0 Å². The SMILES string of the molecule is COc1ccc(NCCCl)cc1OC. The smallest absolute Gasteiger partial charge is 0.162 e. The van der Waals surface area contributed by atoms with E-state index in [9.17, 15) is 0 Å². The minimum Gasteiger partial charge on any atom is -0.493 e. The molecule has 1 rings (SSSR count). The third-order valence-electron chi connectivity index (χ3n) is 1.81. The van der Waals surface area contributed by atoms with Gasteiger partial charge < -0.3 is 14.8 Å². The molecule has 1 aromatic carbocycles. The molecule has 0 amide bonds. The van der Waals surface area contributed by atoms with E-state index in [1.807, 2.05) is 18.2 Å². The summed E-state index contributed by atoms with van der Waals surface area (Å²) in [6.45, 7) is 0.733. The van der Waals surface area contributed by atoms with E-state index in [0.29, 0.717) is 11.6 Å². The summed E-state index contributed by atoms with van der Waals surface area (Å²) in [4.78, 5) is 0. The molecule has 0 fully saturated rings. The first-order valence-corrected chi connectivity index (χ1v) is 4.87. The van der Waals surface area contributed by atoms with Crippen LogP contribution in [-0.2, 0) is 0 Å². The normalized spacial score (nSPS) is 9.64. The Morgan fingerprint density at radius 3 is 2.50 bits per heavy atom. The second-order valence-corrected chi connectivity index (χ2v) is 3.06. The van der Waals surface area contributed by atoms with E-state index in [-0.39, 0.29) is 0 Å². The van der Waals surface area contributed by atoms with Crippen LogP contribution < -0.4 is 14.8 Å². The fourth-order valence-electron chi connectivity index (χ4n) is 1.14. The minimum absolute atomic E-state index is 0.578. The summed E-state index contributed by atoms with van der Waals surface area (Å²) < 4.78 is 10.3. The van der Waals surface area contributed by atoms with E-state index in [4.69, 9.17) is 21.1 Å². The monoisotopic (exact) mass is 215 g/mol. The fourth-order valence-corrected chi connectivity index (χ4v) is 1.23. The quantitative estimate of drug-likeness (QED) is 0.765. The molecular weight excluding hydrogens is 202 g/mol. The third kappa shape index (κ3) is 2.70. The molecule has 0 saturated heterocycles. The van der Waals surface area contributed by atoms with Crippen molar-refractivity contribution in [2.75, 3.05) is 32.0 Å². The summed E-state index contributed by atoms with van der Waals surface area (Å²) in [6, 6.07) is 5.66. The zero-order valence-electron chi connectivity index (χ0n) is 8.34. The number of rotatable bonds is 5. The van der Waals surface area contributed by atoms with Crippen molar-refractivity contribution in [3.05, 3.63) is 18.2 Å². The van der Waals surface area contributed by atoms with Gasteiger partial charge in [0.05, 0.1) is 14.2 Å². The molecule has 1 N–H and O–H groups in total. The Labute approximate surface area is 89.0 Å². The van der Waals surface area contributed by atoms with Crippen LogP contribution in [0.4, 0.5) is 5.69 Å². The van der Waals surface area contributed by atoms with Gasteiger partial charge in [-0.25, -0.2) is 0 Å². The Hall–Kier alpha value is -1.09. The van der Waals surface area contributed by atoms with Gasteiger partial charge in [0.2, 0.25) is 0 Å². The Bertz CT molecular complexity index is 291. The average molecular weight is 216 g/mol. The van der Waals surface area contributed by atoms with Gasteiger partial charge >= 0.3 is 0 Å². The van der Waals surface area contributed by atoms with Crippen LogP contribution in [0.2, 0.25) is 0 Å². The molecule has 0 heterocycles. The van der Waals surface area contributed by atoms with Crippen molar-refractivity contribution >= 4 is 17.3 Å². The van der Waals surface area contributed by atoms with Gasteiger partial charge in [-0.1, -0.05) is 0 Å². The predicted molar refractivity (Wildman–Crippen MR) is 58.8 cm³/mol. The molecular formula is C10H14ClNO2. The lowest BCUT2D eigenvalue weighted by Crippen LogP contribution is -2.02. The highest BCUT2D eigenvalue weighted by atomic mass is 35.5. The number of nitrogens with one attached hydrogen (secondary N) is 1. The molecule has 0 radical (unpaired) electrons. The summed E-state index contributed by atoms with van der Waals surface area (Å²) in [7, 11) is 3.23. The molecule has 1 aromatic rings. The summed E-state index contributed by atoms with van der Waals surface area (Å²) in [5.41, 5.74) is 0.975. The van der Waals surface area contributed by atoms with Crippen LogP contribution in [0, 0.1) is 0 Å². The number of hydrogen-bond acceptors (Lipinski definition) is 3. The first-order chi connectivity index (χ1) is 6.81. The molecule has 0 bridgehead atoms. The number of benzene rings is 1. The highest BCUT2D eigenvalue weighted by Gasteiger charge is 2.03. The maximum Gasteiger partial charge on any atom is 0.162 e. The maximum atomic E-state index is 5.57. The van der Waals surface area contributed by atoms with E-state index in [1.165, 1.54) is 0 Å². The van der Waals surface area contributed by atoms with Crippen molar-refractivity contribution in [1.29, 1.82) is 0 Å². The minimum atomic E-state index is 0.578. The van der Waals surface area contributed by atoms with Gasteiger partial charge in [0.25, 0.3) is 0 Å². The molecule has 0 aliphatic rings. The van der Waals surface area contributed by atoms with Gasteiger partial charge in [-0.15, -0.1) is 11.6 Å². The summed E-state index contributed by atoms with van der Waals surface area (Å²) in [5.74, 6) is 2.02. The first kappa shape index (κ1) is 11.0. The van der Waals surface area contributed by atoms with Crippen LogP contribution in [0.15, 0.2) is 18.2 Å². The molecule has 4 heteroatoms. The Morgan fingerprint density at radius 1 is 1.21 bits per heavy atom. The molecule has 14 heavy (non-hydrogen) atoms. The third-order valence-corrected chi connectivity index (χ3v) is 2.00. The van der Waals surface area contributed by atoms with Gasteiger partial charge in [-0.05, 0) is 12.1 Å². The zero-order chi connectivity index (χ0) is 10.4. The van der Waals surface area contributed by atoms with Gasteiger partial charge in [0.15, 0.2) is 11.5 Å². The van der Waals surface area contributed by atoms with Crippen LogP contribution in [0.5, 0.6) is 11.5 Å². The molecule has 0 atom stereocenters. The van der Waals surface area contributed by atoms with Crippen LogP contribution in [0.1, 0.15) is 0 Å². The predicted octanol–water partition coefficient (Wildman–Crippen LogP) is 2.35. The molecule has 0 aromatic heterocycles. The number of halogens is 1. The van der Waals surface area contributed by atoms with E-state index in [0.717, 1.165) is 18.0 Å². The molecule has 0 spiro atoms. The Kier molecular flexibility index (Phi) is 4.40. The Balaban J connectivity index is 2.79. The first-order valence-electron chi connectivity index (χ1n) is 4.33. The second kappa shape index (κ2) is 5.60. The molecule has 78 valence electrons. The lowest BCUT2D eigenvalue weighted by atomic mass is 10.2. The largest absolute Gasteiger partial charge is 0.493 e. The average Bonchev–Trinajstić information content (AvgIpc) is 2.25. The van der Waals surface area contributed by atoms with Crippen molar-refractivity contribution in [2.45, 2.75) is 0 Å². The van der Waals surface area contributed by atoms with E-state index >= 15 is 0 Å². The zero-order valence-corrected chi connectivity index (χ0v) is 9.10. The van der Waals surface area contributed by atoms with Crippen molar-refractivity contribution < 1.29 is 9.47 Å². The summed E-state index contributed by atoms with van der Waals surface area (Å²) in [5, 5.41) is 3.15. The molecule has 0 saturated carbocycles. The highest BCUT2D eigenvalue weighted by molar-refractivity contribution is 6.18. The molecule has 0 aliphatic carbocycles. The van der Waals surface area contributed by atoms with Crippen LogP contribution in [-0.4, -0.2) is 26.6 Å². The molecule has 0 unspecified atom stereocenters. The van der Waals surface area contributed by atoms with Crippen molar-refractivity contribution in [1.82, 2.24) is 0 Å². The van der Waals surface area contributed by atoms with E-state index in [1.54, 1.807) is 14.2 Å². The lowest BCUT2D eigenvalue weighted by molar-refractivity contribution is 0.355. The fraction of sp³-hybridized carbons (Fsp3) is 0.400. The number of ether oxygens (including phenoxy) is 2. The van der Waals surface area contributed by atoms with Crippen molar-refractivity contribution in [2.24, 2.45) is 0 Å². The number of anilines is 1. The lowest BCUT2D eigenvalue weighted by Gasteiger charge is -2.10. The van der Waals surface area contributed by atoms with Gasteiger partial charge in [0, 0.05) is 24.2 Å². The van der Waals surface area contributed by atoms with Crippen molar-refractivity contribution in [3.8, 4) is 11.5 Å². The van der Waals surface area contributed by atoms with E-state index < -0.39 is 0 Å². The molecule has 0 aliphatic heterocycles. The van der Waals surface area contributed by atoms with Gasteiger partial charge in [-0.2, -0.15) is 0 Å². The summed E-state index contributed by atoms with van der Waals surface area (Å²) >= 11 is 5.57. The topological polar surface area (TPSA) is 30.5 Å². The van der Waals surface area contributed by atoms with Crippen LogP contribution >= 0.6 is 11.6 Å². The van der Waals surface area contributed by atoms with E-state index in [2.05, 4.69) is 5.32 Å². The van der Waals surface area contributed by atoms with Crippen LogP contribution in [0.3, 0.4) is 0 Å². The highest BCUT2D eigenvalue weighted by Crippen LogP contribution is 2.29. The number of methoxy groups -OCH3 is 2. The second-order valence-electron chi connectivity index (χ2n) is 2.69. The number of hydrogen-bond donors (Lipinski definition) is 1. The maximum absolute atomic E-state index is 5.57. The molecule has 3 nitrogen and oxygen atoms in total. The van der Waals surface area contributed by atoms with Gasteiger partial charge in [-0.3, -0.25) is 0 Å². The number of alkyl halides is 1. The van der Waals surface area contributed by atoms with Crippen LogP contribution in [0.25, 0.3) is 0 Å². The Morgan fingerprint density at radius 2 is 1.93 bits per heavy atom. The summed E-state index contributed by atoms with van der Waals surface area (Å²) in [6.07, 6.45) is 0.